The van der Waals surface area contributed by atoms with E-state index in [9.17, 15) is 0 Å². The molecule has 0 saturated carbocycles. The number of benzene rings is 1. The molecule has 0 aliphatic carbocycles. The standard InChI is InChI=1S/C16H26N2/c1-13(2)18-10-5-8-15(9-11-18)17-16-7-4-6-14(3)12-16/h4,6-7,12-13,15,17H,5,8-11H2,1-3H3. The predicted molar refractivity (Wildman–Crippen MR) is 79.1 cm³/mol. The molecule has 18 heavy (non-hydrogen) atoms. The largest absolute Gasteiger partial charge is 0.382 e. The SMILES string of the molecule is Cc1cccc(NC2CCCN(C(C)C)CC2)c1. The van der Waals surface area contributed by atoms with Gasteiger partial charge in [-0.15, -0.1) is 0 Å². The second-order valence-electron chi connectivity index (χ2n) is 5.77. The van der Waals surface area contributed by atoms with Crippen LogP contribution in [0.15, 0.2) is 24.3 Å². The van der Waals surface area contributed by atoms with Crippen LogP contribution in [0.5, 0.6) is 0 Å². The molecule has 100 valence electrons. The van der Waals surface area contributed by atoms with Crippen LogP contribution in [0, 0.1) is 6.92 Å². The molecular weight excluding hydrogens is 220 g/mol. The van der Waals surface area contributed by atoms with Gasteiger partial charge in [0.05, 0.1) is 0 Å². The van der Waals surface area contributed by atoms with Crippen molar-refractivity contribution in [2.24, 2.45) is 0 Å². The average molecular weight is 246 g/mol. The molecule has 1 aromatic carbocycles. The average Bonchev–Trinajstić information content (AvgIpc) is 2.55. The van der Waals surface area contributed by atoms with E-state index >= 15 is 0 Å². The summed E-state index contributed by atoms with van der Waals surface area (Å²) in [6.07, 6.45) is 3.85. The van der Waals surface area contributed by atoms with E-state index in [0.717, 1.165) is 0 Å². The molecule has 1 unspecified atom stereocenters. The molecule has 2 heteroatoms. The third-order valence-corrected chi connectivity index (χ3v) is 3.88. The van der Waals surface area contributed by atoms with Crippen LogP contribution in [-0.4, -0.2) is 30.1 Å². The summed E-state index contributed by atoms with van der Waals surface area (Å²) >= 11 is 0. The highest BCUT2D eigenvalue weighted by Crippen LogP contribution is 2.18. The van der Waals surface area contributed by atoms with Crippen molar-refractivity contribution in [3.63, 3.8) is 0 Å². The molecule has 1 atom stereocenters. The third kappa shape index (κ3) is 3.74. The van der Waals surface area contributed by atoms with Crippen LogP contribution in [0.25, 0.3) is 0 Å². The number of anilines is 1. The highest BCUT2D eigenvalue weighted by molar-refractivity contribution is 5.46. The minimum Gasteiger partial charge on any atom is -0.382 e. The molecule has 0 spiro atoms. The highest BCUT2D eigenvalue weighted by Gasteiger charge is 2.18. The summed E-state index contributed by atoms with van der Waals surface area (Å²) in [5, 5.41) is 3.69. The maximum Gasteiger partial charge on any atom is 0.0344 e. The van der Waals surface area contributed by atoms with Gasteiger partial charge < -0.3 is 10.2 Å². The first-order valence-corrected chi connectivity index (χ1v) is 7.22. The summed E-state index contributed by atoms with van der Waals surface area (Å²) in [6, 6.07) is 10.0. The normalized spacial score (nSPS) is 21.9. The molecule has 1 aromatic rings. The van der Waals surface area contributed by atoms with Gasteiger partial charge in [-0.25, -0.2) is 0 Å². The highest BCUT2D eigenvalue weighted by atomic mass is 15.1. The van der Waals surface area contributed by atoms with Gasteiger partial charge in [-0.3, -0.25) is 0 Å². The van der Waals surface area contributed by atoms with Crippen LogP contribution in [0.2, 0.25) is 0 Å². The molecule has 0 radical (unpaired) electrons. The van der Waals surface area contributed by atoms with Crippen LogP contribution in [0.4, 0.5) is 5.69 Å². The Bertz CT molecular complexity index is 373. The Kier molecular flexibility index (Phi) is 4.65. The first-order valence-electron chi connectivity index (χ1n) is 7.22. The molecule has 1 fully saturated rings. The molecule has 2 rings (SSSR count). The van der Waals surface area contributed by atoms with Gasteiger partial charge in [-0.05, 0) is 64.3 Å². The fourth-order valence-electron chi connectivity index (χ4n) is 2.75. The number of hydrogen-bond acceptors (Lipinski definition) is 2. The van der Waals surface area contributed by atoms with Crippen LogP contribution < -0.4 is 5.32 Å². The predicted octanol–water partition coefficient (Wildman–Crippen LogP) is 3.67. The minimum absolute atomic E-state index is 0.635. The van der Waals surface area contributed by atoms with Gasteiger partial charge in [0.25, 0.3) is 0 Å². The molecule has 1 aliphatic heterocycles. The Morgan fingerprint density at radius 2 is 2.06 bits per heavy atom. The molecule has 1 saturated heterocycles. The quantitative estimate of drug-likeness (QED) is 0.875. The van der Waals surface area contributed by atoms with Crippen molar-refractivity contribution >= 4 is 5.69 Å². The summed E-state index contributed by atoms with van der Waals surface area (Å²) in [7, 11) is 0. The molecule has 0 amide bonds. The van der Waals surface area contributed by atoms with Crippen LogP contribution in [0.1, 0.15) is 38.7 Å². The number of hydrogen-bond donors (Lipinski definition) is 1. The van der Waals surface area contributed by atoms with E-state index < -0.39 is 0 Å². The molecular formula is C16H26N2. The van der Waals surface area contributed by atoms with Crippen molar-refractivity contribution in [2.45, 2.75) is 52.1 Å². The second-order valence-corrected chi connectivity index (χ2v) is 5.77. The maximum absolute atomic E-state index is 3.69. The monoisotopic (exact) mass is 246 g/mol. The van der Waals surface area contributed by atoms with E-state index in [0.29, 0.717) is 12.1 Å². The molecule has 1 aliphatic rings. The van der Waals surface area contributed by atoms with E-state index in [1.54, 1.807) is 0 Å². The molecule has 2 nitrogen and oxygen atoms in total. The Balaban J connectivity index is 1.91. The lowest BCUT2D eigenvalue weighted by molar-refractivity contribution is 0.230. The van der Waals surface area contributed by atoms with Gasteiger partial charge in [0, 0.05) is 24.3 Å². The Hall–Kier alpha value is -1.02. The minimum atomic E-state index is 0.635. The summed E-state index contributed by atoms with van der Waals surface area (Å²) in [5.41, 5.74) is 2.61. The molecule has 0 bridgehead atoms. The summed E-state index contributed by atoms with van der Waals surface area (Å²) in [4.78, 5) is 2.60. The van der Waals surface area contributed by atoms with Crippen LogP contribution in [-0.2, 0) is 0 Å². The number of nitrogens with one attached hydrogen (secondary N) is 1. The maximum atomic E-state index is 3.69. The van der Waals surface area contributed by atoms with Gasteiger partial charge >= 0.3 is 0 Å². The molecule has 1 N–H and O–H groups in total. The van der Waals surface area contributed by atoms with Crippen molar-refractivity contribution < 1.29 is 0 Å². The third-order valence-electron chi connectivity index (χ3n) is 3.88. The zero-order chi connectivity index (χ0) is 13.0. The summed E-state index contributed by atoms with van der Waals surface area (Å²) < 4.78 is 0. The lowest BCUT2D eigenvalue weighted by Crippen LogP contribution is -2.32. The molecule has 1 heterocycles. The molecule has 0 aromatic heterocycles. The van der Waals surface area contributed by atoms with Crippen LogP contribution >= 0.6 is 0 Å². The first-order chi connectivity index (χ1) is 8.65. The van der Waals surface area contributed by atoms with Crippen molar-refractivity contribution in [3.8, 4) is 0 Å². The van der Waals surface area contributed by atoms with Crippen molar-refractivity contribution in [1.82, 2.24) is 4.90 Å². The van der Waals surface area contributed by atoms with Gasteiger partial charge in [0.1, 0.15) is 0 Å². The summed E-state index contributed by atoms with van der Waals surface area (Å²) in [5.74, 6) is 0. The van der Waals surface area contributed by atoms with Crippen molar-refractivity contribution in [1.29, 1.82) is 0 Å². The number of likely N-dealkylation sites (tertiary alicyclic amines) is 1. The van der Waals surface area contributed by atoms with Crippen LogP contribution in [0.3, 0.4) is 0 Å². The number of aryl methyl sites for hydroxylation is 1. The van der Waals surface area contributed by atoms with Crippen molar-refractivity contribution in [3.05, 3.63) is 29.8 Å². The van der Waals surface area contributed by atoms with Gasteiger partial charge in [0.2, 0.25) is 0 Å². The lowest BCUT2D eigenvalue weighted by Gasteiger charge is -2.24. The van der Waals surface area contributed by atoms with E-state index in [1.165, 1.54) is 43.6 Å². The smallest absolute Gasteiger partial charge is 0.0344 e. The van der Waals surface area contributed by atoms with E-state index in [4.69, 9.17) is 0 Å². The Labute approximate surface area is 111 Å². The van der Waals surface area contributed by atoms with Gasteiger partial charge in [-0.1, -0.05) is 12.1 Å². The van der Waals surface area contributed by atoms with E-state index in [1.807, 2.05) is 0 Å². The zero-order valence-electron chi connectivity index (χ0n) is 11.9. The Morgan fingerprint density at radius 3 is 2.78 bits per heavy atom. The van der Waals surface area contributed by atoms with Gasteiger partial charge in [0.15, 0.2) is 0 Å². The fraction of sp³-hybridized carbons (Fsp3) is 0.625. The van der Waals surface area contributed by atoms with E-state index in [-0.39, 0.29) is 0 Å². The summed E-state index contributed by atoms with van der Waals surface area (Å²) in [6.45, 7) is 9.23. The number of nitrogens with zero attached hydrogens (tertiary/aromatic N) is 1. The second kappa shape index (κ2) is 6.24. The fourth-order valence-corrected chi connectivity index (χ4v) is 2.75. The lowest BCUT2D eigenvalue weighted by atomic mass is 10.1. The van der Waals surface area contributed by atoms with E-state index in [2.05, 4.69) is 55.3 Å². The first kappa shape index (κ1) is 13.4. The zero-order valence-corrected chi connectivity index (χ0v) is 11.9. The number of rotatable bonds is 3. The topological polar surface area (TPSA) is 15.3 Å². The van der Waals surface area contributed by atoms with Gasteiger partial charge in [-0.2, -0.15) is 0 Å². The Morgan fingerprint density at radius 1 is 1.22 bits per heavy atom. The van der Waals surface area contributed by atoms with Crippen molar-refractivity contribution in [2.75, 3.05) is 18.4 Å².